The van der Waals surface area contributed by atoms with Crippen LogP contribution in [0.15, 0.2) is 46.9 Å². The van der Waals surface area contributed by atoms with Crippen LogP contribution < -0.4 is 81.9 Å². The van der Waals surface area contributed by atoms with E-state index in [1.165, 1.54) is 0 Å². The van der Waals surface area contributed by atoms with Gasteiger partial charge in [0.05, 0.1) is 0 Å². The van der Waals surface area contributed by atoms with Gasteiger partial charge >= 0.3 is 0 Å². The van der Waals surface area contributed by atoms with Crippen LogP contribution >= 0.6 is 0 Å². The number of hydrogen-bond acceptors (Lipinski definition) is 1. The van der Waals surface area contributed by atoms with E-state index in [4.69, 9.17) is 122 Å². The fourth-order valence-corrected chi connectivity index (χ4v) is 7.50. The Hall–Kier alpha value is -3.91. The van der Waals surface area contributed by atoms with Gasteiger partial charge in [0, 0.05) is 10.8 Å². The second kappa shape index (κ2) is 12.1. The van der Waals surface area contributed by atoms with E-state index in [0.29, 0.717) is 21.9 Å². The molecule has 0 bridgehead atoms. The average Bonchev–Trinajstić information content (AvgIpc) is 3.55. The maximum absolute atomic E-state index is 7.12. The zero-order valence-electron chi connectivity index (χ0n) is 27.6. The van der Waals surface area contributed by atoms with Gasteiger partial charge in [-0.2, -0.15) is 0 Å². The first kappa shape index (κ1) is 35.1. The van der Waals surface area contributed by atoms with E-state index in [0.717, 1.165) is 10.8 Å². The Morgan fingerprint density at radius 3 is 1.17 bits per heavy atom. The Morgan fingerprint density at radius 1 is 0.288 bits per heavy atom. The topological polar surface area (TPSA) is 13.1 Å². The van der Waals surface area contributed by atoms with E-state index in [1.54, 1.807) is 0 Å². The summed E-state index contributed by atoms with van der Waals surface area (Å²) in [6.45, 7) is 0. The van der Waals surface area contributed by atoms with Crippen molar-refractivity contribution in [1.29, 1.82) is 0 Å². The summed E-state index contributed by atoms with van der Waals surface area (Å²) >= 11 is 0. The zero-order valence-corrected chi connectivity index (χ0v) is 27.6. The van der Waals surface area contributed by atoms with E-state index >= 15 is 0 Å². The monoisotopic (exact) mass is 620 g/mol. The number of rotatable bonds is 2. The van der Waals surface area contributed by atoms with Gasteiger partial charge < -0.3 is 4.42 Å². The summed E-state index contributed by atoms with van der Waals surface area (Å²) in [5.41, 5.74) is 2.32. The van der Waals surface area contributed by atoms with E-state index in [1.807, 2.05) is 42.5 Å². The van der Waals surface area contributed by atoms with Gasteiger partial charge in [-0.15, -0.1) is 32.8 Å². The molecule has 0 saturated heterocycles. The minimum atomic E-state index is -0.0232. The molecule has 0 unspecified atom stereocenters. The predicted molar refractivity (Wildman–Crippen MR) is 238 cm³/mol. The first-order chi connectivity index (χ1) is 24.6. The standard InChI is InChI=1S/C36H7B15O/c37-20-17(25(42)33(50)35-18(20)19-26(43)31(48)32(49)34(51)36(19)52-35)12-15-13(21(38)27(44)29(46)23(15)40)11(10-6-5-8-3-1-2-4-9(8)7-10)14-16(12)24(41)30(47)28(45)22(14)39/h1-7H. The first-order valence-electron chi connectivity index (χ1n) is 15.8. The summed E-state index contributed by atoms with van der Waals surface area (Å²) in [5.74, 6) is 0. The molecule has 202 valence electrons. The fraction of sp³-hybridized carbons (Fsp3) is 0. The molecule has 0 atom stereocenters. The van der Waals surface area contributed by atoms with E-state index in [2.05, 4.69) is 0 Å². The fourth-order valence-electron chi connectivity index (χ4n) is 7.50. The third-order valence-corrected chi connectivity index (χ3v) is 10.2. The van der Waals surface area contributed by atoms with Crippen LogP contribution in [0, 0.1) is 0 Å². The molecule has 1 nitrogen and oxygen atoms in total. The van der Waals surface area contributed by atoms with Gasteiger partial charge in [0.1, 0.15) is 129 Å². The Bertz CT molecular complexity index is 2890. The van der Waals surface area contributed by atoms with Gasteiger partial charge in [0.25, 0.3) is 0 Å². The molecule has 30 radical (unpaired) electrons. The summed E-state index contributed by atoms with van der Waals surface area (Å²) in [7, 11) is 100.0. The van der Waals surface area contributed by atoms with Crippen LogP contribution in [0.4, 0.5) is 0 Å². The Labute approximate surface area is 321 Å². The third-order valence-electron chi connectivity index (χ3n) is 10.2. The van der Waals surface area contributed by atoms with Crippen molar-refractivity contribution in [2.24, 2.45) is 0 Å². The van der Waals surface area contributed by atoms with Gasteiger partial charge in [-0.3, -0.25) is 0 Å². The molecule has 1 heterocycles. The molecule has 7 aromatic carbocycles. The highest BCUT2D eigenvalue weighted by Crippen LogP contribution is 2.41. The Morgan fingerprint density at radius 2 is 0.673 bits per heavy atom. The molecule has 0 spiro atoms. The highest BCUT2D eigenvalue weighted by Gasteiger charge is 2.28. The first-order valence-corrected chi connectivity index (χ1v) is 15.8. The van der Waals surface area contributed by atoms with Crippen molar-refractivity contribution < 1.29 is 4.42 Å². The molecule has 0 N–H and O–H groups in total. The molecular weight excluding hydrogens is 611 g/mol. The van der Waals surface area contributed by atoms with Gasteiger partial charge in [-0.05, 0) is 60.6 Å². The Balaban J connectivity index is 1.72. The largest absolute Gasteiger partial charge is 0.457 e. The van der Waals surface area contributed by atoms with Crippen molar-refractivity contribution in [3.05, 3.63) is 42.5 Å². The molecule has 8 rings (SSSR count). The second-order valence-corrected chi connectivity index (χ2v) is 12.9. The van der Waals surface area contributed by atoms with Crippen molar-refractivity contribution >= 4 is 254 Å². The van der Waals surface area contributed by atoms with Gasteiger partial charge in [0.15, 0.2) is 0 Å². The molecule has 8 aromatic rings. The lowest BCUT2D eigenvalue weighted by Gasteiger charge is -2.30. The Kier molecular flexibility index (Phi) is 8.15. The summed E-state index contributed by atoms with van der Waals surface area (Å²) in [6, 6.07) is 13.7. The van der Waals surface area contributed by atoms with E-state index in [-0.39, 0.29) is 126 Å². The van der Waals surface area contributed by atoms with E-state index in [9.17, 15) is 0 Å². The molecule has 1 aromatic heterocycles. The molecule has 0 saturated carbocycles. The molecule has 0 fully saturated rings. The van der Waals surface area contributed by atoms with Crippen LogP contribution in [0.3, 0.4) is 0 Å². The number of fused-ring (bicyclic) bond motifs is 6. The third kappa shape index (κ3) is 4.51. The van der Waals surface area contributed by atoms with Crippen LogP contribution in [0.5, 0.6) is 0 Å². The molecule has 0 amide bonds. The summed E-state index contributed by atoms with van der Waals surface area (Å²) in [6.07, 6.45) is 0. The highest BCUT2D eigenvalue weighted by atomic mass is 16.3. The normalized spacial score (nSPS) is 11.8. The molecule has 0 aliphatic carbocycles. The molecular formula is C36H7B15O. The van der Waals surface area contributed by atoms with Crippen molar-refractivity contribution in [2.75, 3.05) is 0 Å². The number of hydrogen-bond donors (Lipinski definition) is 0. The van der Waals surface area contributed by atoms with Crippen LogP contribution in [0.25, 0.3) is 76.5 Å². The predicted octanol–water partition coefficient (Wildman–Crippen LogP) is -7.71. The second-order valence-electron chi connectivity index (χ2n) is 12.9. The lowest BCUT2D eigenvalue weighted by molar-refractivity contribution is 0.675. The van der Waals surface area contributed by atoms with E-state index < -0.39 is 0 Å². The molecule has 16 heteroatoms. The minimum absolute atomic E-state index is 0.00485. The van der Waals surface area contributed by atoms with Crippen molar-refractivity contribution in [3.8, 4) is 22.3 Å². The smallest absolute Gasteiger partial charge is 0.127 e. The van der Waals surface area contributed by atoms with Crippen molar-refractivity contribution in [2.45, 2.75) is 0 Å². The average molecular weight is 618 g/mol. The van der Waals surface area contributed by atoms with Gasteiger partial charge in [-0.1, -0.05) is 85.6 Å². The lowest BCUT2D eigenvalue weighted by Crippen LogP contribution is -2.50. The zero-order chi connectivity index (χ0) is 37.4. The summed E-state index contributed by atoms with van der Waals surface area (Å²) in [4.78, 5) is 0. The van der Waals surface area contributed by atoms with Crippen molar-refractivity contribution in [1.82, 2.24) is 0 Å². The van der Waals surface area contributed by atoms with Crippen LogP contribution in [-0.4, -0.2) is 118 Å². The lowest BCUT2D eigenvalue weighted by atomic mass is 9.58. The van der Waals surface area contributed by atoms with Crippen molar-refractivity contribution in [3.63, 3.8) is 0 Å². The van der Waals surface area contributed by atoms with Crippen LogP contribution in [-0.2, 0) is 0 Å². The number of furan rings is 1. The summed E-state index contributed by atoms with van der Waals surface area (Å²) < 4.78 is 6.14. The maximum Gasteiger partial charge on any atom is 0.127 e. The van der Waals surface area contributed by atoms with Gasteiger partial charge in [-0.25, -0.2) is 0 Å². The van der Waals surface area contributed by atoms with Crippen LogP contribution in [0.2, 0.25) is 0 Å². The summed E-state index contributed by atoms with van der Waals surface area (Å²) in [5, 5.41) is 3.73. The maximum atomic E-state index is 7.12. The molecule has 52 heavy (non-hydrogen) atoms. The quantitative estimate of drug-likeness (QED) is 0.139. The van der Waals surface area contributed by atoms with Gasteiger partial charge in [0.2, 0.25) is 0 Å². The number of benzene rings is 7. The SMILES string of the molecule is [B]c1c([B])c([B])c2c(oc3c([B])c([B])c(-c4c5c([B])c([B])c([B])c([B])c5c(-c5ccc6ccccc6c5)c5c([B])c([B])c([B])c([B])c45)c([B])c32)c1[B]. The molecule has 0 aliphatic rings. The molecule has 0 aliphatic heterocycles. The minimum Gasteiger partial charge on any atom is -0.457 e. The highest BCUT2D eigenvalue weighted by molar-refractivity contribution is 6.73. The van der Waals surface area contributed by atoms with Crippen LogP contribution in [0.1, 0.15) is 0 Å².